The zero-order chi connectivity index (χ0) is 17.0. The number of benzene rings is 2. The summed E-state index contributed by atoms with van der Waals surface area (Å²) < 4.78 is 35.9. The monoisotopic (exact) mass is 331 g/mol. The maximum absolute atomic E-state index is 12.8. The number of aryl methyl sites for hydroxylation is 1. The molecule has 1 unspecified atom stereocenters. The highest BCUT2D eigenvalue weighted by Gasteiger charge is 2.36. The molecule has 0 aliphatic heterocycles. The summed E-state index contributed by atoms with van der Waals surface area (Å²) >= 11 is 0. The van der Waals surface area contributed by atoms with Crippen LogP contribution in [0.5, 0.6) is 11.5 Å². The van der Waals surface area contributed by atoms with Crippen molar-refractivity contribution in [1.82, 2.24) is 0 Å². The first-order chi connectivity index (χ1) is 10.9. The highest BCUT2D eigenvalue weighted by Crippen LogP contribution is 2.37. The highest BCUT2D eigenvalue weighted by atomic mass is 32.2. The van der Waals surface area contributed by atoms with Crippen LogP contribution in [0.3, 0.4) is 0 Å². The van der Waals surface area contributed by atoms with Crippen LogP contribution in [0.4, 0.5) is 0 Å². The van der Waals surface area contributed by atoms with Crippen LogP contribution < -0.4 is 9.47 Å². The number of methoxy groups -OCH3 is 2. The van der Waals surface area contributed by atoms with Gasteiger partial charge < -0.3 is 9.47 Å². The molecule has 0 bridgehead atoms. The van der Waals surface area contributed by atoms with Crippen molar-refractivity contribution in [2.24, 2.45) is 0 Å². The molecule has 0 spiro atoms. The fourth-order valence-corrected chi connectivity index (χ4v) is 3.63. The summed E-state index contributed by atoms with van der Waals surface area (Å²) in [5, 5.41) is -1.37. The van der Waals surface area contributed by atoms with E-state index in [0.29, 0.717) is 17.1 Å². The van der Waals surface area contributed by atoms with Crippen molar-refractivity contribution in [2.45, 2.75) is 17.2 Å². The van der Waals surface area contributed by atoms with E-state index in [-0.39, 0.29) is 4.90 Å². The number of hydrogen-bond acceptors (Lipinski definition) is 4. The van der Waals surface area contributed by atoms with Crippen molar-refractivity contribution in [3.63, 3.8) is 0 Å². The summed E-state index contributed by atoms with van der Waals surface area (Å²) in [5.41, 5.74) is 1.24. The lowest BCUT2D eigenvalue weighted by Gasteiger charge is -2.13. The van der Waals surface area contributed by atoms with Crippen LogP contribution in [-0.2, 0) is 9.84 Å². The van der Waals surface area contributed by atoms with Crippen LogP contribution in [0.15, 0.2) is 47.4 Å². The van der Waals surface area contributed by atoms with E-state index in [4.69, 9.17) is 16.0 Å². The zero-order valence-corrected chi connectivity index (χ0v) is 13.9. The summed E-state index contributed by atoms with van der Waals surface area (Å²) in [5.74, 6) is 0.836. The topological polar surface area (TPSA) is 57.0 Å². The average Bonchev–Trinajstić information content (AvgIpc) is 2.56. The molecule has 0 saturated heterocycles. The number of hydrogen-bond donors (Lipinski definition) is 0. The van der Waals surface area contributed by atoms with Crippen molar-refractivity contribution in [3.05, 3.63) is 65.0 Å². The van der Waals surface area contributed by atoms with Crippen LogP contribution in [0.2, 0.25) is 0 Å². The first-order valence-electron chi connectivity index (χ1n) is 6.83. The molecule has 1 atom stereocenters. The Bertz CT molecular complexity index is 836. The maximum atomic E-state index is 12.8. The van der Waals surface area contributed by atoms with Gasteiger partial charge in [-0.15, -0.1) is 0 Å². The molecular weight excluding hydrogens is 314 g/mol. The average molecular weight is 331 g/mol. The number of sulfone groups is 1. The van der Waals surface area contributed by atoms with Crippen molar-refractivity contribution in [2.75, 3.05) is 14.2 Å². The Morgan fingerprint density at radius 1 is 1.04 bits per heavy atom. The molecule has 2 aromatic rings. The van der Waals surface area contributed by atoms with E-state index in [2.05, 4.69) is 4.85 Å². The van der Waals surface area contributed by atoms with Gasteiger partial charge in [0.2, 0.25) is 0 Å². The summed E-state index contributed by atoms with van der Waals surface area (Å²) in [4.78, 5) is 3.45. The largest absolute Gasteiger partial charge is 0.497 e. The van der Waals surface area contributed by atoms with Gasteiger partial charge in [-0.25, -0.2) is 15.0 Å². The third-order valence-corrected chi connectivity index (χ3v) is 5.34. The van der Waals surface area contributed by atoms with Gasteiger partial charge in [-0.3, -0.25) is 4.85 Å². The Kier molecular flexibility index (Phi) is 4.92. The molecule has 2 aromatic carbocycles. The molecule has 0 fully saturated rings. The van der Waals surface area contributed by atoms with E-state index >= 15 is 0 Å². The smallest absolute Gasteiger partial charge is 0.353 e. The summed E-state index contributed by atoms with van der Waals surface area (Å²) in [7, 11) is -0.916. The van der Waals surface area contributed by atoms with E-state index in [9.17, 15) is 8.42 Å². The van der Waals surface area contributed by atoms with Gasteiger partial charge in [0.05, 0.1) is 24.7 Å². The molecule has 2 rings (SSSR count). The Labute approximate surface area is 136 Å². The molecule has 23 heavy (non-hydrogen) atoms. The third-order valence-electron chi connectivity index (χ3n) is 3.47. The molecular formula is C17H17NO4S. The van der Waals surface area contributed by atoms with Gasteiger partial charge in [0, 0.05) is 6.07 Å². The van der Waals surface area contributed by atoms with Crippen LogP contribution in [0, 0.1) is 13.5 Å². The molecule has 120 valence electrons. The fraction of sp³-hybridized carbons (Fsp3) is 0.235. The minimum atomic E-state index is -3.85. The lowest BCUT2D eigenvalue weighted by molar-refractivity contribution is 0.391. The molecule has 0 amide bonds. The molecule has 0 aliphatic rings. The summed E-state index contributed by atoms with van der Waals surface area (Å²) in [6.45, 7) is 9.24. The van der Waals surface area contributed by atoms with Gasteiger partial charge >= 0.3 is 5.37 Å². The van der Waals surface area contributed by atoms with Gasteiger partial charge in [0.1, 0.15) is 11.5 Å². The van der Waals surface area contributed by atoms with E-state index in [1.807, 2.05) is 6.92 Å². The second kappa shape index (κ2) is 6.71. The van der Waals surface area contributed by atoms with E-state index in [0.717, 1.165) is 5.56 Å². The lowest BCUT2D eigenvalue weighted by atomic mass is 10.2. The van der Waals surface area contributed by atoms with E-state index < -0.39 is 15.2 Å². The molecule has 0 N–H and O–H groups in total. The van der Waals surface area contributed by atoms with Crippen molar-refractivity contribution < 1.29 is 17.9 Å². The lowest BCUT2D eigenvalue weighted by Crippen LogP contribution is -2.12. The molecule has 0 heterocycles. The van der Waals surface area contributed by atoms with Gasteiger partial charge in [-0.05, 0) is 31.2 Å². The SMILES string of the molecule is [C-]#[N+]C(c1ccc(OC)cc1OC)S(=O)(=O)c1ccc(C)cc1. The Hall–Kier alpha value is -2.52. The quantitative estimate of drug-likeness (QED) is 0.788. The molecule has 0 aliphatic carbocycles. The number of nitrogens with zero attached hydrogens (tertiary/aromatic N) is 1. The Morgan fingerprint density at radius 2 is 1.70 bits per heavy atom. The first-order valence-corrected chi connectivity index (χ1v) is 8.37. The van der Waals surface area contributed by atoms with Crippen LogP contribution in [0.1, 0.15) is 16.5 Å². The first kappa shape index (κ1) is 16.8. The van der Waals surface area contributed by atoms with E-state index in [1.165, 1.54) is 26.4 Å². The molecule has 0 radical (unpaired) electrons. The second-order valence-corrected chi connectivity index (χ2v) is 6.96. The Balaban J connectivity index is 2.55. The fourth-order valence-electron chi connectivity index (χ4n) is 2.19. The molecule has 0 aromatic heterocycles. The van der Waals surface area contributed by atoms with E-state index in [1.54, 1.807) is 30.3 Å². The Morgan fingerprint density at radius 3 is 2.22 bits per heavy atom. The summed E-state index contributed by atoms with van der Waals surface area (Å²) in [6, 6.07) is 11.2. The minimum Gasteiger partial charge on any atom is -0.497 e. The summed E-state index contributed by atoms with van der Waals surface area (Å²) in [6.07, 6.45) is 0. The van der Waals surface area contributed by atoms with Gasteiger partial charge in [-0.1, -0.05) is 17.7 Å². The van der Waals surface area contributed by atoms with Gasteiger partial charge in [0.15, 0.2) is 0 Å². The normalized spacial score (nSPS) is 12.3. The second-order valence-electron chi connectivity index (χ2n) is 4.95. The van der Waals surface area contributed by atoms with Crippen molar-refractivity contribution in [3.8, 4) is 11.5 Å². The molecule has 5 nitrogen and oxygen atoms in total. The van der Waals surface area contributed by atoms with Gasteiger partial charge in [0.25, 0.3) is 9.84 Å². The molecule has 0 saturated carbocycles. The minimum absolute atomic E-state index is 0.113. The van der Waals surface area contributed by atoms with Crippen molar-refractivity contribution in [1.29, 1.82) is 0 Å². The van der Waals surface area contributed by atoms with Gasteiger partial charge in [-0.2, -0.15) is 0 Å². The molecule has 6 heteroatoms. The zero-order valence-electron chi connectivity index (χ0n) is 13.1. The number of rotatable bonds is 5. The van der Waals surface area contributed by atoms with Crippen LogP contribution in [0.25, 0.3) is 4.85 Å². The van der Waals surface area contributed by atoms with Crippen LogP contribution in [-0.4, -0.2) is 22.6 Å². The predicted molar refractivity (Wildman–Crippen MR) is 87.3 cm³/mol. The standard InChI is InChI=1S/C17H17NO4S/c1-12-5-8-14(9-6-12)23(19,20)17(18-2)15-10-7-13(21-3)11-16(15)22-4/h5-11,17H,1,3-4H3. The number of ether oxygens (including phenoxy) is 2. The predicted octanol–water partition coefficient (Wildman–Crippen LogP) is 3.40. The van der Waals surface area contributed by atoms with Crippen LogP contribution >= 0.6 is 0 Å². The third kappa shape index (κ3) is 3.30. The van der Waals surface area contributed by atoms with Crippen molar-refractivity contribution >= 4 is 9.84 Å². The highest BCUT2D eigenvalue weighted by molar-refractivity contribution is 7.91. The maximum Gasteiger partial charge on any atom is 0.353 e.